The van der Waals surface area contributed by atoms with Gasteiger partial charge in [0, 0.05) is 60.7 Å². The summed E-state index contributed by atoms with van der Waals surface area (Å²) in [4.78, 5) is 7.15. The van der Waals surface area contributed by atoms with E-state index in [0.717, 1.165) is 55.6 Å². The summed E-state index contributed by atoms with van der Waals surface area (Å²) in [5.41, 5.74) is 1.69. The Balaban J connectivity index is 1.31. The number of thiophene rings is 1. The number of benzene rings is 1. The molecule has 4 nitrogen and oxygen atoms in total. The topological polar surface area (TPSA) is 32.5 Å². The summed E-state index contributed by atoms with van der Waals surface area (Å²) in [7, 11) is 0. The Morgan fingerprint density at radius 2 is 1.77 bits per heavy atom. The molecule has 136 valence electrons. The van der Waals surface area contributed by atoms with Crippen molar-refractivity contribution in [2.24, 2.45) is 0 Å². The minimum absolute atomic E-state index is 0.155. The van der Waals surface area contributed by atoms with Crippen LogP contribution >= 0.6 is 11.3 Å². The fraction of sp³-hybridized carbons (Fsp3) is 0.350. The van der Waals surface area contributed by atoms with Crippen molar-refractivity contribution in [1.29, 1.82) is 0 Å². The lowest BCUT2D eigenvalue weighted by atomic mass is 10.2. The van der Waals surface area contributed by atoms with Gasteiger partial charge in [-0.1, -0.05) is 23.4 Å². The second kappa shape index (κ2) is 7.70. The van der Waals surface area contributed by atoms with E-state index in [2.05, 4.69) is 21.0 Å². The molecule has 1 aliphatic rings. The minimum Gasteiger partial charge on any atom is -0.361 e. The molecule has 0 radical (unpaired) electrons. The maximum absolute atomic E-state index is 13.9. The lowest BCUT2D eigenvalue weighted by Gasteiger charge is -2.33. The lowest BCUT2D eigenvalue weighted by molar-refractivity contribution is 0.121. The summed E-state index contributed by atoms with van der Waals surface area (Å²) < 4.78 is 19.1. The van der Waals surface area contributed by atoms with Crippen molar-refractivity contribution in [3.63, 3.8) is 0 Å². The maximum Gasteiger partial charge on any atom is 0.133 e. The maximum atomic E-state index is 13.9. The van der Waals surface area contributed by atoms with E-state index in [9.17, 15) is 4.39 Å². The van der Waals surface area contributed by atoms with Crippen molar-refractivity contribution in [3.05, 3.63) is 64.6 Å². The van der Waals surface area contributed by atoms with Gasteiger partial charge in [0.25, 0.3) is 0 Å². The van der Waals surface area contributed by atoms with Gasteiger partial charge in [-0.15, -0.1) is 11.3 Å². The number of rotatable bonds is 5. The molecule has 26 heavy (non-hydrogen) atoms. The van der Waals surface area contributed by atoms with Crippen molar-refractivity contribution in [2.45, 2.75) is 20.0 Å². The number of aromatic nitrogens is 1. The van der Waals surface area contributed by atoms with Crippen LogP contribution in [-0.4, -0.2) is 41.1 Å². The quantitative estimate of drug-likeness (QED) is 0.674. The summed E-state index contributed by atoms with van der Waals surface area (Å²) in [6.07, 6.45) is 0. The van der Waals surface area contributed by atoms with Gasteiger partial charge in [-0.2, -0.15) is 0 Å². The first-order valence-electron chi connectivity index (χ1n) is 8.88. The molecule has 1 aliphatic heterocycles. The van der Waals surface area contributed by atoms with Crippen LogP contribution in [-0.2, 0) is 13.1 Å². The van der Waals surface area contributed by atoms with E-state index >= 15 is 0 Å². The monoisotopic (exact) mass is 371 g/mol. The van der Waals surface area contributed by atoms with Crippen LogP contribution in [0.25, 0.3) is 10.4 Å². The van der Waals surface area contributed by atoms with E-state index in [1.54, 1.807) is 17.4 Å². The molecule has 3 aromatic rings. The highest BCUT2D eigenvalue weighted by Crippen LogP contribution is 2.30. The lowest BCUT2D eigenvalue weighted by Crippen LogP contribution is -2.45. The van der Waals surface area contributed by atoms with Crippen LogP contribution < -0.4 is 0 Å². The predicted molar refractivity (Wildman–Crippen MR) is 102 cm³/mol. The van der Waals surface area contributed by atoms with Crippen LogP contribution in [0.1, 0.15) is 16.3 Å². The summed E-state index contributed by atoms with van der Waals surface area (Å²) in [6.45, 7) is 7.81. The molecule has 1 saturated heterocycles. The zero-order valence-corrected chi connectivity index (χ0v) is 15.6. The average molecular weight is 371 g/mol. The fourth-order valence-corrected chi connectivity index (χ4v) is 4.39. The average Bonchev–Trinajstić information content (AvgIpc) is 3.26. The molecule has 0 bridgehead atoms. The third kappa shape index (κ3) is 4.03. The standard InChI is InChI=1S/C20H22FN3OS/c1-15-12-16(22-25-15)13-23-8-10-24(11-9-23)14-17-6-7-20(26-17)18-4-2-3-5-19(18)21/h2-7,12H,8-11,13-14H2,1H3. The predicted octanol–water partition coefficient (Wildman–Crippen LogP) is 4.17. The number of nitrogens with zero attached hydrogens (tertiary/aromatic N) is 3. The molecule has 6 heteroatoms. The number of halogens is 1. The Bertz CT molecular complexity index is 867. The van der Waals surface area contributed by atoms with Crippen LogP contribution in [0, 0.1) is 12.7 Å². The number of aryl methyl sites for hydroxylation is 1. The normalized spacial score (nSPS) is 16.2. The van der Waals surface area contributed by atoms with E-state index < -0.39 is 0 Å². The Morgan fingerprint density at radius 1 is 1.04 bits per heavy atom. The first-order chi connectivity index (χ1) is 12.7. The molecule has 0 amide bonds. The van der Waals surface area contributed by atoms with Gasteiger partial charge in [0.1, 0.15) is 11.6 Å². The van der Waals surface area contributed by atoms with Crippen LogP contribution in [0.4, 0.5) is 4.39 Å². The molecular formula is C20H22FN3OS. The number of hydrogen-bond acceptors (Lipinski definition) is 5. The molecule has 1 aromatic carbocycles. The van der Waals surface area contributed by atoms with Crippen molar-refractivity contribution in [3.8, 4) is 10.4 Å². The van der Waals surface area contributed by atoms with Gasteiger partial charge in [-0.05, 0) is 25.1 Å². The second-order valence-electron chi connectivity index (χ2n) is 6.73. The molecule has 4 rings (SSSR count). The molecular weight excluding hydrogens is 349 g/mol. The van der Waals surface area contributed by atoms with Crippen molar-refractivity contribution in [1.82, 2.24) is 15.0 Å². The van der Waals surface area contributed by atoms with Gasteiger partial charge in [-0.25, -0.2) is 4.39 Å². The van der Waals surface area contributed by atoms with Crippen LogP contribution in [0.2, 0.25) is 0 Å². The van der Waals surface area contributed by atoms with Crippen molar-refractivity contribution in [2.75, 3.05) is 26.2 Å². The molecule has 1 fully saturated rings. The molecule has 3 heterocycles. The SMILES string of the molecule is Cc1cc(CN2CCN(Cc3ccc(-c4ccccc4F)s3)CC2)no1. The first-order valence-corrected chi connectivity index (χ1v) is 9.69. The van der Waals surface area contributed by atoms with E-state index in [4.69, 9.17) is 4.52 Å². The Labute approximate surface area is 156 Å². The van der Waals surface area contributed by atoms with E-state index in [1.807, 2.05) is 31.2 Å². The summed E-state index contributed by atoms with van der Waals surface area (Å²) in [6, 6.07) is 13.1. The molecule has 0 spiro atoms. The zero-order valence-electron chi connectivity index (χ0n) is 14.8. The highest BCUT2D eigenvalue weighted by Gasteiger charge is 2.19. The Kier molecular flexibility index (Phi) is 5.15. The summed E-state index contributed by atoms with van der Waals surface area (Å²) >= 11 is 1.68. The van der Waals surface area contributed by atoms with E-state index in [-0.39, 0.29) is 5.82 Å². The van der Waals surface area contributed by atoms with Crippen LogP contribution in [0.3, 0.4) is 0 Å². The van der Waals surface area contributed by atoms with Crippen LogP contribution in [0.5, 0.6) is 0 Å². The van der Waals surface area contributed by atoms with Gasteiger partial charge in [0.05, 0.1) is 5.69 Å². The molecule has 0 aliphatic carbocycles. The summed E-state index contributed by atoms with van der Waals surface area (Å²) in [5.74, 6) is 0.708. The van der Waals surface area contributed by atoms with Gasteiger partial charge < -0.3 is 4.52 Å². The zero-order chi connectivity index (χ0) is 17.9. The molecule has 0 atom stereocenters. The Hall–Kier alpha value is -2.02. The second-order valence-corrected chi connectivity index (χ2v) is 7.90. The molecule has 0 saturated carbocycles. The highest BCUT2D eigenvalue weighted by molar-refractivity contribution is 7.15. The number of piperazine rings is 1. The van der Waals surface area contributed by atoms with Crippen molar-refractivity contribution >= 4 is 11.3 Å². The van der Waals surface area contributed by atoms with Gasteiger partial charge in [-0.3, -0.25) is 9.80 Å². The van der Waals surface area contributed by atoms with Gasteiger partial charge in [0.15, 0.2) is 0 Å². The Morgan fingerprint density at radius 3 is 2.46 bits per heavy atom. The highest BCUT2D eigenvalue weighted by atomic mass is 32.1. The minimum atomic E-state index is -0.155. The number of hydrogen-bond donors (Lipinski definition) is 0. The molecule has 0 N–H and O–H groups in total. The molecule has 2 aromatic heterocycles. The molecule has 0 unspecified atom stereocenters. The van der Waals surface area contributed by atoms with E-state index in [1.165, 1.54) is 10.9 Å². The van der Waals surface area contributed by atoms with Gasteiger partial charge >= 0.3 is 0 Å². The van der Waals surface area contributed by atoms with Crippen molar-refractivity contribution < 1.29 is 8.91 Å². The first kappa shape index (κ1) is 17.4. The largest absolute Gasteiger partial charge is 0.361 e. The fourth-order valence-electron chi connectivity index (χ4n) is 3.32. The third-order valence-corrected chi connectivity index (χ3v) is 5.81. The smallest absolute Gasteiger partial charge is 0.133 e. The van der Waals surface area contributed by atoms with E-state index in [0.29, 0.717) is 5.56 Å². The summed E-state index contributed by atoms with van der Waals surface area (Å²) in [5, 5.41) is 4.08. The van der Waals surface area contributed by atoms with Crippen LogP contribution in [0.15, 0.2) is 47.0 Å². The van der Waals surface area contributed by atoms with Gasteiger partial charge in [0.2, 0.25) is 0 Å². The third-order valence-electron chi connectivity index (χ3n) is 4.71.